The first-order valence-electron chi connectivity index (χ1n) is 9.07. The van der Waals surface area contributed by atoms with Gasteiger partial charge >= 0.3 is 11.9 Å². The van der Waals surface area contributed by atoms with E-state index in [2.05, 4.69) is 22.9 Å². The molecular formula is C20H26O4S2. The van der Waals surface area contributed by atoms with Crippen LogP contribution in [0.4, 0.5) is 0 Å². The van der Waals surface area contributed by atoms with Crippen LogP contribution in [0.2, 0.25) is 0 Å². The molecule has 0 bridgehead atoms. The van der Waals surface area contributed by atoms with Gasteiger partial charge in [-0.1, -0.05) is 0 Å². The Hall–Kier alpha value is -1.66. The fraction of sp³-hybridized carbons (Fsp3) is 0.500. The molecular weight excluding hydrogens is 368 g/mol. The molecule has 6 heteroatoms. The van der Waals surface area contributed by atoms with Crippen LogP contribution < -0.4 is 0 Å². The highest BCUT2D eigenvalue weighted by atomic mass is 32.1. The van der Waals surface area contributed by atoms with E-state index in [1.165, 1.54) is 11.1 Å². The zero-order valence-corrected chi connectivity index (χ0v) is 16.6. The minimum atomic E-state index is -0.148. The molecule has 0 saturated carbocycles. The summed E-state index contributed by atoms with van der Waals surface area (Å²) in [5, 5.41) is 8.30. The van der Waals surface area contributed by atoms with Crippen LogP contribution in [0.1, 0.15) is 49.7 Å². The van der Waals surface area contributed by atoms with Crippen molar-refractivity contribution in [3.05, 3.63) is 44.8 Å². The first kappa shape index (κ1) is 20.6. The Balaban J connectivity index is 1.37. The van der Waals surface area contributed by atoms with Crippen LogP contribution in [0.15, 0.2) is 33.7 Å². The van der Waals surface area contributed by atoms with Crippen molar-refractivity contribution in [3.63, 3.8) is 0 Å². The molecule has 0 unspecified atom stereocenters. The Morgan fingerprint density at radius 1 is 0.731 bits per heavy atom. The second-order valence-electron chi connectivity index (χ2n) is 6.12. The van der Waals surface area contributed by atoms with Gasteiger partial charge in [0.15, 0.2) is 0 Å². The lowest BCUT2D eigenvalue weighted by molar-refractivity contribution is -0.146. The van der Waals surface area contributed by atoms with E-state index in [0.717, 1.165) is 38.5 Å². The molecule has 0 spiro atoms. The molecule has 2 rings (SSSR count). The molecule has 0 atom stereocenters. The number of unbranched alkanes of at least 4 members (excludes halogenated alkanes) is 1. The molecule has 0 aromatic carbocycles. The van der Waals surface area contributed by atoms with E-state index in [0.29, 0.717) is 26.1 Å². The SMILES string of the molecule is O=C(CCCc1ccsc1)OCCCCOC(=O)CCCc1ccsc1. The Labute approximate surface area is 163 Å². The lowest BCUT2D eigenvalue weighted by Crippen LogP contribution is -2.09. The van der Waals surface area contributed by atoms with E-state index in [-0.39, 0.29) is 11.9 Å². The molecule has 0 radical (unpaired) electrons. The molecule has 142 valence electrons. The van der Waals surface area contributed by atoms with E-state index in [9.17, 15) is 9.59 Å². The highest BCUT2D eigenvalue weighted by Crippen LogP contribution is 2.11. The van der Waals surface area contributed by atoms with Crippen molar-refractivity contribution in [3.8, 4) is 0 Å². The molecule has 4 nitrogen and oxygen atoms in total. The van der Waals surface area contributed by atoms with Gasteiger partial charge in [0.05, 0.1) is 13.2 Å². The second kappa shape index (κ2) is 12.7. The van der Waals surface area contributed by atoms with Gasteiger partial charge in [-0.15, -0.1) is 0 Å². The smallest absolute Gasteiger partial charge is 0.305 e. The lowest BCUT2D eigenvalue weighted by atomic mass is 10.1. The van der Waals surface area contributed by atoms with Gasteiger partial charge in [0.2, 0.25) is 0 Å². The topological polar surface area (TPSA) is 52.6 Å². The van der Waals surface area contributed by atoms with Crippen molar-refractivity contribution < 1.29 is 19.1 Å². The van der Waals surface area contributed by atoms with Crippen LogP contribution in [0.25, 0.3) is 0 Å². The number of hydrogen-bond donors (Lipinski definition) is 0. The van der Waals surface area contributed by atoms with Crippen LogP contribution >= 0.6 is 22.7 Å². The summed E-state index contributed by atoms with van der Waals surface area (Å²) >= 11 is 3.35. The average molecular weight is 395 g/mol. The molecule has 0 aliphatic carbocycles. The maximum absolute atomic E-state index is 11.6. The third kappa shape index (κ3) is 9.15. The van der Waals surface area contributed by atoms with Crippen molar-refractivity contribution in [2.45, 2.75) is 51.4 Å². The number of carbonyl (C=O) groups is 2. The molecule has 0 aliphatic heterocycles. The van der Waals surface area contributed by atoms with Gasteiger partial charge in [0.25, 0.3) is 0 Å². The largest absolute Gasteiger partial charge is 0.466 e. The Bertz CT molecular complexity index is 564. The summed E-state index contributed by atoms with van der Waals surface area (Å²) in [6, 6.07) is 4.17. The average Bonchev–Trinajstić information content (AvgIpc) is 3.32. The number of aryl methyl sites for hydroxylation is 2. The summed E-state index contributed by atoms with van der Waals surface area (Å²) in [7, 11) is 0. The lowest BCUT2D eigenvalue weighted by Gasteiger charge is -2.06. The maximum atomic E-state index is 11.6. The minimum absolute atomic E-state index is 0.148. The molecule has 2 aromatic rings. The first-order valence-corrected chi connectivity index (χ1v) is 11.0. The van der Waals surface area contributed by atoms with Gasteiger partial charge in [0, 0.05) is 12.8 Å². The van der Waals surface area contributed by atoms with Crippen molar-refractivity contribution in [1.82, 2.24) is 0 Å². The highest BCUT2D eigenvalue weighted by molar-refractivity contribution is 7.08. The summed E-state index contributed by atoms with van der Waals surface area (Å²) in [5.74, 6) is -0.295. The Morgan fingerprint density at radius 2 is 1.19 bits per heavy atom. The first-order chi connectivity index (χ1) is 12.7. The van der Waals surface area contributed by atoms with Crippen LogP contribution in [0.5, 0.6) is 0 Å². The van der Waals surface area contributed by atoms with Gasteiger partial charge in [-0.3, -0.25) is 9.59 Å². The predicted molar refractivity (Wildman–Crippen MR) is 106 cm³/mol. The number of carbonyl (C=O) groups excluding carboxylic acids is 2. The van der Waals surface area contributed by atoms with E-state index < -0.39 is 0 Å². The predicted octanol–water partition coefficient (Wildman–Crippen LogP) is 5.02. The number of hydrogen-bond acceptors (Lipinski definition) is 6. The van der Waals surface area contributed by atoms with Gasteiger partial charge in [-0.05, 0) is 83.3 Å². The molecule has 0 N–H and O–H groups in total. The maximum Gasteiger partial charge on any atom is 0.305 e. The minimum Gasteiger partial charge on any atom is -0.466 e. The Morgan fingerprint density at radius 3 is 1.58 bits per heavy atom. The van der Waals surface area contributed by atoms with E-state index in [1.54, 1.807) is 22.7 Å². The zero-order chi connectivity index (χ0) is 18.5. The molecule has 0 saturated heterocycles. The number of ether oxygens (including phenoxy) is 2. The van der Waals surface area contributed by atoms with Crippen LogP contribution in [0.3, 0.4) is 0 Å². The van der Waals surface area contributed by atoms with E-state index >= 15 is 0 Å². The van der Waals surface area contributed by atoms with Crippen molar-refractivity contribution in [1.29, 1.82) is 0 Å². The van der Waals surface area contributed by atoms with Crippen molar-refractivity contribution >= 4 is 34.6 Å². The van der Waals surface area contributed by atoms with Crippen molar-refractivity contribution in [2.75, 3.05) is 13.2 Å². The molecule has 2 aromatic heterocycles. The monoisotopic (exact) mass is 394 g/mol. The van der Waals surface area contributed by atoms with Crippen LogP contribution in [-0.2, 0) is 31.9 Å². The summed E-state index contributed by atoms with van der Waals surface area (Å²) < 4.78 is 10.4. The zero-order valence-electron chi connectivity index (χ0n) is 15.0. The van der Waals surface area contributed by atoms with E-state index in [1.807, 2.05) is 10.8 Å². The molecule has 0 amide bonds. The molecule has 0 fully saturated rings. The van der Waals surface area contributed by atoms with E-state index in [4.69, 9.17) is 9.47 Å². The van der Waals surface area contributed by atoms with Crippen LogP contribution in [-0.4, -0.2) is 25.2 Å². The van der Waals surface area contributed by atoms with Gasteiger partial charge in [-0.25, -0.2) is 0 Å². The van der Waals surface area contributed by atoms with Gasteiger partial charge in [-0.2, -0.15) is 22.7 Å². The van der Waals surface area contributed by atoms with Crippen LogP contribution in [0, 0.1) is 0 Å². The number of thiophene rings is 2. The summed E-state index contributed by atoms with van der Waals surface area (Å²) in [6.45, 7) is 0.792. The normalized spacial score (nSPS) is 10.6. The third-order valence-corrected chi connectivity index (χ3v) is 5.38. The molecule has 26 heavy (non-hydrogen) atoms. The molecule has 0 aliphatic rings. The summed E-state index contributed by atoms with van der Waals surface area (Å²) in [5.41, 5.74) is 2.56. The fourth-order valence-corrected chi connectivity index (χ4v) is 3.87. The number of esters is 2. The Kier molecular flexibility index (Phi) is 10.1. The van der Waals surface area contributed by atoms with Crippen molar-refractivity contribution in [2.24, 2.45) is 0 Å². The van der Waals surface area contributed by atoms with Gasteiger partial charge in [0.1, 0.15) is 0 Å². The summed E-state index contributed by atoms with van der Waals surface area (Å²) in [6.07, 6.45) is 5.82. The quantitative estimate of drug-likeness (QED) is 0.353. The second-order valence-corrected chi connectivity index (χ2v) is 7.68. The third-order valence-electron chi connectivity index (χ3n) is 3.92. The summed E-state index contributed by atoms with van der Waals surface area (Å²) in [4.78, 5) is 23.2. The van der Waals surface area contributed by atoms with Gasteiger partial charge < -0.3 is 9.47 Å². The standard InChI is InChI=1S/C20H26O4S2/c21-19(7-3-5-17-9-13-25-15-17)23-11-1-2-12-24-20(22)8-4-6-18-10-14-26-16-18/h9-10,13-16H,1-8,11-12H2. The molecule has 2 heterocycles. The fourth-order valence-electron chi connectivity index (χ4n) is 2.46. The number of rotatable bonds is 13. The highest BCUT2D eigenvalue weighted by Gasteiger charge is 2.05.